The van der Waals surface area contributed by atoms with Gasteiger partial charge in [-0.25, -0.2) is 0 Å². The van der Waals surface area contributed by atoms with Gasteiger partial charge in [0.25, 0.3) is 0 Å². The van der Waals surface area contributed by atoms with Gasteiger partial charge in [-0.15, -0.1) is 0 Å². The number of likely N-dealkylation sites (N-methyl/N-ethyl adjacent to an activating group) is 1. The molecule has 1 aliphatic carbocycles. The number of carboxylic acid groups (broad SMARTS) is 1. The third-order valence-electron chi connectivity index (χ3n) is 4.24. The Kier molecular flexibility index (Phi) is 3.94. The summed E-state index contributed by atoms with van der Waals surface area (Å²) in [5, 5.41) is 13.8. The van der Waals surface area contributed by atoms with Crippen LogP contribution in [0.4, 0.5) is 0 Å². The zero-order valence-corrected chi connectivity index (χ0v) is 12.0. The largest absolute Gasteiger partial charge is 0.480 e. The van der Waals surface area contributed by atoms with Crippen LogP contribution in [0.15, 0.2) is 12.3 Å². The fraction of sp³-hybridized carbons (Fsp3) is 0.714. The average Bonchev–Trinajstić information content (AvgIpc) is 2.97. The first-order valence-corrected chi connectivity index (χ1v) is 6.90. The maximum Gasteiger partial charge on any atom is 0.323 e. The topological polar surface area (TPSA) is 58.4 Å². The van der Waals surface area contributed by atoms with E-state index in [1.54, 1.807) is 13.8 Å². The maximum absolute atomic E-state index is 11.2. The molecule has 1 aromatic heterocycles. The molecule has 0 atom stereocenters. The van der Waals surface area contributed by atoms with Gasteiger partial charge in [0.05, 0.1) is 11.7 Å². The molecule has 106 valence electrons. The summed E-state index contributed by atoms with van der Waals surface area (Å²) in [6.07, 6.45) is 7.00. The predicted molar refractivity (Wildman–Crippen MR) is 72.9 cm³/mol. The molecule has 1 N–H and O–H groups in total. The SMILES string of the molecule is CN(Cc1ccn(C2CCCC2)n1)C(C)(C)C(=O)O. The van der Waals surface area contributed by atoms with Crippen molar-refractivity contribution < 1.29 is 9.90 Å². The van der Waals surface area contributed by atoms with Crippen LogP contribution >= 0.6 is 0 Å². The van der Waals surface area contributed by atoms with E-state index in [9.17, 15) is 9.90 Å². The van der Waals surface area contributed by atoms with Gasteiger partial charge >= 0.3 is 5.97 Å². The predicted octanol–water partition coefficient (Wildman–Crippen LogP) is 2.29. The summed E-state index contributed by atoms with van der Waals surface area (Å²) in [5.74, 6) is -0.815. The smallest absolute Gasteiger partial charge is 0.323 e. The summed E-state index contributed by atoms with van der Waals surface area (Å²) in [4.78, 5) is 13.0. The summed E-state index contributed by atoms with van der Waals surface area (Å²) in [6.45, 7) is 3.98. The van der Waals surface area contributed by atoms with Crippen molar-refractivity contribution in [3.8, 4) is 0 Å². The molecular formula is C14H23N3O2. The van der Waals surface area contributed by atoms with Crippen LogP contribution in [-0.4, -0.2) is 38.3 Å². The normalized spacial score (nSPS) is 17.3. The van der Waals surface area contributed by atoms with Crippen molar-refractivity contribution in [2.24, 2.45) is 0 Å². The molecule has 1 saturated carbocycles. The molecule has 0 amide bonds. The maximum atomic E-state index is 11.2. The number of aromatic nitrogens is 2. The molecule has 1 heterocycles. The molecule has 5 heteroatoms. The summed E-state index contributed by atoms with van der Waals surface area (Å²) in [7, 11) is 1.82. The highest BCUT2D eigenvalue weighted by atomic mass is 16.4. The van der Waals surface area contributed by atoms with Gasteiger partial charge in [-0.1, -0.05) is 12.8 Å². The highest BCUT2D eigenvalue weighted by Crippen LogP contribution is 2.28. The summed E-state index contributed by atoms with van der Waals surface area (Å²) in [5.41, 5.74) is 0.0562. The quantitative estimate of drug-likeness (QED) is 0.887. The molecular weight excluding hydrogens is 242 g/mol. The molecule has 1 aliphatic rings. The first-order valence-electron chi connectivity index (χ1n) is 6.90. The Bertz CT molecular complexity index is 447. The van der Waals surface area contributed by atoms with E-state index in [1.165, 1.54) is 25.7 Å². The zero-order valence-electron chi connectivity index (χ0n) is 12.0. The average molecular weight is 265 g/mol. The van der Waals surface area contributed by atoms with Crippen molar-refractivity contribution in [1.82, 2.24) is 14.7 Å². The molecule has 5 nitrogen and oxygen atoms in total. The van der Waals surface area contributed by atoms with E-state index in [0.717, 1.165) is 5.69 Å². The fourth-order valence-electron chi connectivity index (χ4n) is 2.44. The van der Waals surface area contributed by atoms with E-state index >= 15 is 0 Å². The molecule has 0 radical (unpaired) electrons. The van der Waals surface area contributed by atoms with Crippen LogP contribution in [0.5, 0.6) is 0 Å². The van der Waals surface area contributed by atoms with Crippen LogP contribution in [0.1, 0.15) is 51.3 Å². The van der Waals surface area contributed by atoms with Gasteiger partial charge in [0.15, 0.2) is 0 Å². The minimum absolute atomic E-state index is 0.534. The second-order valence-corrected chi connectivity index (χ2v) is 5.95. The number of carboxylic acids is 1. The second kappa shape index (κ2) is 5.33. The first-order chi connectivity index (χ1) is 8.91. The van der Waals surface area contributed by atoms with Gasteiger partial charge < -0.3 is 5.11 Å². The van der Waals surface area contributed by atoms with Gasteiger partial charge in [-0.05, 0) is 39.8 Å². The van der Waals surface area contributed by atoms with E-state index in [4.69, 9.17) is 0 Å². The van der Waals surface area contributed by atoms with E-state index in [2.05, 4.69) is 5.10 Å². The van der Waals surface area contributed by atoms with Gasteiger partial charge in [-0.3, -0.25) is 14.4 Å². The Morgan fingerprint density at radius 1 is 1.53 bits per heavy atom. The van der Waals surface area contributed by atoms with E-state index in [1.807, 2.05) is 28.9 Å². The lowest BCUT2D eigenvalue weighted by molar-refractivity contribution is -0.148. The Morgan fingerprint density at radius 3 is 2.74 bits per heavy atom. The van der Waals surface area contributed by atoms with Crippen molar-refractivity contribution in [3.63, 3.8) is 0 Å². The summed E-state index contributed by atoms with van der Waals surface area (Å²) >= 11 is 0. The van der Waals surface area contributed by atoms with E-state index in [0.29, 0.717) is 12.6 Å². The van der Waals surface area contributed by atoms with E-state index < -0.39 is 11.5 Å². The van der Waals surface area contributed by atoms with Gasteiger partial charge in [0.1, 0.15) is 5.54 Å². The van der Waals surface area contributed by atoms with Crippen LogP contribution in [0, 0.1) is 0 Å². The van der Waals surface area contributed by atoms with Gasteiger partial charge in [-0.2, -0.15) is 5.10 Å². The Labute approximate surface area is 114 Å². The molecule has 0 unspecified atom stereocenters. The minimum atomic E-state index is -0.878. The molecule has 1 fully saturated rings. The third-order valence-corrected chi connectivity index (χ3v) is 4.24. The molecule has 0 aliphatic heterocycles. The van der Waals surface area contributed by atoms with Crippen molar-refractivity contribution in [3.05, 3.63) is 18.0 Å². The van der Waals surface area contributed by atoms with Crippen molar-refractivity contribution in [1.29, 1.82) is 0 Å². The Hall–Kier alpha value is -1.36. The van der Waals surface area contributed by atoms with Crippen molar-refractivity contribution in [2.45, 2.75) is 57.7 Å². The van der Waals surface area contributed by atoms with Crippen LogP contribution in [-0.2, 0) is 11.3 Å². The molecule has 0 spiro atoms. The highest BCUT2D eigenvalue weighted by molar-refractivity contribution is 5.77. The molecule has 0 aromatic carbocycles. The monoisotopic (exact) mass is 265 g/mol. The van der Waals surface area contributed by atoms with Crippen LogP contribution in [0.25, 0.3) is 0 Å². The van der Waals surface area contributed by atoms with Crippen molar-refractivity contribution >= 4 is 5.97 Å². The summed E-state index contributed by atoms with van der Waals surface area (Å²) in [6, 6.07) is 2.53. The number of hydrogen-bond acceptors (Lipinski definition) is 3. The van der Waals surface area contributed by atoms with Crippen LogP contribution < -0.4 is 0 Å². The van der Waals surface area contributed by atoms with Gasteiger partial charge in [0, 0.05) is 12.7 Å². The van der Waals surface area contributed by atoms with E-state index in [-0.39, 0.29) is 0 Å². The Morgan fingerprint density at radius 2 is 2.16 bits per heavy atom. The lowest BCUT2D eigenvalue weighted by atomic mass is 10.0. The van der Waals surface area contributed by atoms with Gasteiger partial charge in [0.2, 0.25) is 0 Å². The minimum Gasteiger partial charge on any atom is -0.480 e. The molecule has 2 rings (SSSR count). The molecule has 0 saturated heterocycles. The van der Waals surface area contributed by atoms with Crippen LogP contribution in [0.3, 0.4) is 0 Å². The number of hydrogen-bond donors (Lipinski definition) is 1. The standard InChI is InChI=1S/C14H23N3O2/c1-14(2,13(18)19)16(3)10-11-8-9-17(15-11)12-6-4-5-7-12/h8-9,12H,4-7,10H2,1-3H3,(H,18,19). The highest BCUT2D eigenvalue weighted by Gasteiger charge is 2.32. The number of aliphatic carboxylic acids is 1. The third kappa shape index (κ3) is 2.97. The lowest BCUT2D eigenvalue weighted by Crippen LogP contribution is -2.47. The fourth-order valence-corrected chi connectivity index (χ4v) is 2.44. The van der Waals surface area contributed by atoms with Crippen LogP contribution in [0.2, 0.25) is 0 Å². The Balaban J connectivity index is 2.01. The number of rotatable bonds is 5. The molecule has 1 aromatic rings. The lowest BCUT2D eigenvalue weighted by Gasteiger charge is -2.30. The van der Waals surface area contributed by atoms with Crippen molar-refractivity contribution in [2.75, 3.05) is 7.05 Å². The molecule has 19 heavy (non-hydrogen) atoms. The summed E-state index contributed by atoms with van der Waals surface area (Å²) < 4.78 is 2.05. The first kappa shape index (κ1) is 14.1. The second-order valence-electron chi connectivity index (χ2n) is 5.95. The zero-order chi connectivity index (χ0) is 14.0. The number of carbonyl (C=O) groups is 1. The molecule has 0 bridgehead atoms. The number of nitrogens with zero attached hydrogens (tertiary/aromatic N) is 3.